The molecule has 5 heteroatoms. The Bertz CT molecular complexity index is 364. The number of rotatable bonds is 3. The molecule has 0 aliphatic carbocycles. The summed E-state index contributed by atoms with van der Waals surface area (Å²) < 4.78 is 0. The molecule has 1 aromatic rings. The Morgan fingerprint density at radius 2 is 1.93 bits per heavy atom. The Kier molecular flexibility index (Phi) is 4.05. The summed E-state index contributed by atoms with van der Waals surface area (Å²) in [5.41, 5.74) is 7.26. The average molecular weight is 221 g/mol. The van der Waals surface area contributed by atoms with E-state index >= 15 is 0 Å². The second kappa shape index (κ2) is 5.31. The topological polar surface area (TPSA) is 54.0 Å². The van der Waals surface area contributed by atoms with Crippen LogP contribution in [-0.4, -0.2) is 25.5 Å². The normalized spacial score (nSPS) is 12.0. The van der Waals surface area contributed by atoms with Crippen molar-refractivity contribution in [1.29, 1.82) is 0 Å². The fraction of sp³-hybridized carbons (Fsp3) is 0.200. The van der Waals surface area contributed by atoms with Gasteiger partial charge >= 0.3 is 0 Å². The van der Waals surface area contributed by atoms with Crippen molar-refractivity contribution in [3.05, 3.63) is 29.8 Å². The molecule has 0 spiro atoms. The van der Waals surface area contributed by atoms with E-state index in [9.17, 15) is 0 Å². The molecule has 0 heterocycles. The lowest BCUT2D eigenvalue weighted by Gasteiger charge is -2.11. The Balaban J connectivity index is 2.73. The van der Waals surface area contributed by atoms with E-state index in [0.29, 0.717) is 0 Å². The van der Waals surface area contributed by atoms with Crippen LogP contribution in [-0.2, 0) is 12.6 Å². The van der Waals surface area contributed by atoms with E-state index in [-0.39, 0.29) is 5.17 Å². The third kappa shape index (κ3) is 3.95. The Morgan fingerprint density at radius 1 is 1.33 bits per heavy atom. The fourth-order valence-electron chi connectivity index (χ4n) is 1.01. The van der Waals surface area contributed by atoms with Crippen molar-refractivity contribution in [1.82, 2.24) is 0 Å². The van der Waals surface area contributed by atoms with Crippen molar-refractivity contribution in [2.45, 2.75) is 0 Å². The lowest BCUT2D eigenvalue weighted by molar-refractivity contribution is 1.13. The maximum atomic E-state index is 5.16. The summed E-state index contributed by atoms with van der Waals surface area (Å²) in [6, 6.07) is 7.91. The minimum atomic E-state index is 0.0381. The van der Waals surface area contributed by atoms with Crippen LogP contribution >= 0.6 is 0 Å². The van der Waals surface area contributed by atoms with Gasteiger partial charge in [0, 0.05) is 19.8 Å². The first-order chi connectivity index (χ1) is 7.09. The molecule has 1 aromatic carbocycles. The standard InChI is InChI=1S/C10H14N4S/c1-14(2)9-5-3-8(4-6-9)7-12-13-10(11)15/h3-7H,1-2H3,(H3,11,13,15)/p-1/b12-7-. The summed E-state index contributed by atoms with van der Waals surface area (Å²) in [4.78, 5) is 2.03. The fourth-order valence-corrected chi connectivity index (χ4v) is 1.06. The summed E-state index contributed by atoms with van der Waals surface area (Å²) in [6.45, 7) is 0. The predicted octanol–water partition coefficient (Wildman–Crippen LogP) is 0.948. The van der Waals surface area contributed by atoms with Gasteiger partial charge < -0.3 is 23.3 Å². The minimum absolute atomic E-state index is 0.0381. The van der Waals surface area contributed by atoms with E-state index in [1.165, 1.54) is 0 Å². The molecular weight excluding hydrogens is 208 g/mol. The number of benzene rings is 1. The minimum Gasteiger partial charge on any atom is -0.741 e. The molecule has 0 aromatic heterocycles. The van der Waals surface area contributed by atoms with Gasteiger partial charge in [0.2, 0.25) is 0 Å². The van der Waals surface area contributed by atoms with Gasteiger partial charge in [0.05, 0.1) is 6.21 Å². The van der Waals surface area contributed by atoms with Gasteiger partial charge in [-0.1, -0.05) is 12.1 Å². The van der Waals surface area contributed by atoms with Crippen LogP contribution in [0.4, 0.5) is 5.69 Å². The zero-order chi connectivity index (χ0) is 11.3. The monoisotopic (exact) mass is 221 g/mol. The van der Waals surface area contributed by atoms with Crippen molar-refractivity contribution >= 4 is 29.7 Å². The van der Waals surface area contributed by atoms with Gasteiger partial charge in [0.1, 0.15) is 0 Å². The van der Waals surface area contributed by atoms with E-state index in [1.54, 1.807) is 6.21 Å². The number of anilines is 1. The van der Waals surface area contributed by atoms with Crippen LogP contribution in [0.15, 0.2) is 34.5 Å². The largest absolute Gasteiger partial charge is 0.741 e. The average Bonchev–Trinajstić information content (AvgIpc) is 2.18. The first-order valence-corrected chi connectivity index (χ1v) is 4.81. The molecule has 0 aliphatic heterocycles. The van der Waals surface area contributed by atoms with Crippen LogP contribution in [0.25, 0.3) is 0 Å². The van der Waals surface area contributed by atoms with Crippen LogP contribution in [0.3, 0.4) is 0 Å². The Hall–Kier alpha value is -1.62. The molecule has 80 valence electrons. The summed E-state index contributed by atoms with van der Waals surface area (Å²) in [5.74, 6) is 0. The number of nitrogens with two attached hydrogens (primary N) is 1. The lowest BCUT2D eigenvalue weighted by atomic mass is 10.2. The highest BCUT2D eigenvalue weighted by Crippen LogP contribution is 2.10. The van der Waals surface area contributed by atoms with Crippen LogP contribution in [0.1, 0.15) is 5.56 Å². The molecule has 0 atom stereocenters. The van der Waals surface area contributed by atoms with E-state index < -0.39 is 0 Å². The van der Waals surface area contributed by atoms with Crippen LogP contribution in [0.2, 0.25) is 0 Å². The van der Waals surface area contributed by atoms with E-state index in [2.05, 4.69) is 22.8 Å². The third-order valence-corrected chi connectivity index (χ3v) is 1.85. The maximum Gasteiger partial charge on any atom is 0.0568 e. The quantitative estimate of drug-likeness (QED) is 0.358. The van der Waals surface area contributed by atoms with Gasteiger partial charge in [-0.25, -0.2) is 0 Å². The molecule has 0 bridgehead atoms. The Labute approximate surface area is 94.9 Å². The summed E-state index contributed by atoms with van der Waals surface area (Å²) >= 11 is 4.56. The molecule has 0 radical (unpaired) electrons. The van der Waals surface area contributed by atoms with Gasteiger partial charge in [-0.2, -0.15) is 10.2 Å². The van der Waals surface area contributed by atoms with Crippen LogP contribution in [0, 0.1) is 0 Å². The number of hydrogen-bond donors (Lipinski definition) is 1. The molecule has 0 unspecified atom stereocenters. The molecule has 4 nitrogen and oxygen atoms in total. The lowest BCUT2D eigenvalue weighted by Crippen LogP contribution is -2.08. The molecule has 1 rings (SSSR count). The van der Waals surface area contributed by atoms with Crippen LogP contribution in [0.5, 0.6) is 0 Å². The molecule has 0 fully saturated rings. The van der Waals surface area contributed by atoms with Crippen molar-refractivity contribution < 1.29 is 0 Å². The predicted molar refractivity (Wildman–Crippen MR) is 67.4 cm³/mol. The molecular formula is C10H13N4S-. The highest BCUT2D eigenvalue weighted by Gasteiger charge is 1.93. The smallest absolute Gasteiger partial charge is 0.0568 e. The van der Waals surface area contributed by atoms with Crippen molar-refractivity contribution in [2.24, 2.45) is 15.9 Å². The molecule has 0 saturated heterocycles. The van der Waals surface area contributed by atoms with Gasteiger partial charge in [-0.15, -0.1) is 0 Å². The molecule has 0 amide bonds. The van der Waals surface area contributed by atoms with E-state index in [1.807, 2.05) is 43.3 Å². The molecule has 0 saturated carbocycles. The number of hydrogen-bond acceptors (Lipinski definition) is 4. The van der Waals surface area contributed by atoms with Crippen molar-refractivity contribution in [3.8, 4) is 0 Å². The zero-order valence-electron chi connectivity index (χ0n) is 8.71. The summed E-state index contributed by atoms with van der Waals surface area (Å²) in [7, 11) is 3.98. The Morgan fingerprint density at radius 3 is 2.40 bits per heavy atom. The maximum absolute atomic E-state index is 5.16. The van der Waals surface area contributed by atoms with Gasteiger partial charge in [-0.3, -0.25) is 0 Å². The second-order valence-electron chi connectivity index (χ2n) is 3.17. The SMILES string of the molecule is CN(C)c1ccc(/C=N\N=C(N)[S-])cc1. The van der Waals surface area contributed by atoms with Crippen molar-refractivity contribution in [3.63, 3.8) is 0 Å². The van der Waals surface area contributed by atoms with E-state index in [4.69, 9.17) is 5.73 Å². The second-order valence-corrected chi connectivity index (χ2v) is 3.59. The first-order valence-electron chi connectivity index (χ1n) is 4.40. The van der Waals surface area contributed by atoms with Gasteiger partial charge in [0.15, 0.2) is 0 Å². The number of nitrogens with zero attached hydrogens (tertiary/aromatic N) is 3. The highest BCUT2D eigenvalue weighted by molar-refractivity contribution is 7.77. The molecule has 2 N–H and O–H groups in total. The van der Waals surface area contributed by atoms with Gasteiger partial charge in [-0.05, 0) is 22.9 Å². The van der Waals surface area contributed by atoms with Crippen molar-refractivity contribution in [2.75, 3.05) is 19.0 Å². The third-order valence-electron chi connectivity index (χ3n) is 1.77. The highest BCUT2D eigenvalue weighted by atomic mass is 32.1. The summed E-state index contributed by atoms with van der Waals surface area (Å²) in [5, 5.41) is 7.32. The molecule has 15 heavy (non-hydrogen) atoms. The first kappa shape index (κ1) is 11.5. The molecule has 0 aliphatic rings. The van der Waals surface area contributed by atoms with Gasteiger partial charge in [0.25, 0.3) is 0 Å². The zero-order valence-corrected chi connectivity index (χ0v) is 9.53. The summed E-state index contributed by atoms with van der Waals surface area (Å²) in [6.07, 6.45) is 1.61. The van der Waals surface area contributed by atoms with Crippen LogP contribution < -0.4 is 10.6 Å². The number of amidine groups is 1. The van der Waals surface area contributed by atoms with E-state index in [0.717, 1.165) is 11.3 Å².